The fourth-order valence-electron chi connectivity index (χ4n) is 2.65. The van der Waals surface area contributed by atoms with Crippen molar-refractivity contribution in [3.05, 3.63) is 11.0 Å². The van der Waals surface area contributed by atoms with Crippen LogP contribution in [-0.2, 0) is 13.6 Å². The maximum absolute atomic E-state index is 12.3. The molecule has 1 aliphatic rings. The van der Waals surface area contributed by atoms with Crippen molar-refractivity contribution < 1.29 is 13.6 Å². The molecule has 0 saturated heterocycles. The van der Waals surface area contributed by atoms with Gasteiger partial charge in [-0.1, -0.05) is 54.4 Å². The van der Waals surface area contributed by atoms with Crippen LogP contribution in [0.25, 0.3) is 0 Å². The lowest BCUT2D eigenvalue weighted by Crippen LogP contribution is -2.43. The number of carbonyl (C=O) groups is 1. The van der Waals surface area contributed by atoms with Crippen LogP contribution in [0.2, 0.25) is 36.3 Å². The lowest BCUT2D eigenvalue weighted by atomic mass is 10.2. The normalized spacial score (nSPS) is 19.0. The SMILES string of the molecule is CC(C)(C)[Si](C)(C)OCCCCCCSC1=CC(O[Si](C)(C)C(C)(C)C)CC1=O. The van der Waals surface area contributed by atoms with Crippen LogP contribution in [0.4, 0.5) is 0 Å². The van der Waals surface area contributed by atoms with Crippen LogP contribution in [0, 0.1) is 0 Å². The molecular formula is C23H46O3SSi2. The first-order valence-corrected chi connectivity index (χ1v) is 18.1. The minimum Gasteiger partial charge on any atom is -0.417 e. The van der Waals surface area contributed by atoms with Gasteiger partial charge in [-0.2, -0.15) is 0 Å². The standard InChI is InChI=1S/C23H46O3SSi2/c1-22(2,3)28(7,8)25-15-13-11-12-14-16-27-21-18-19(17-20(21)24)26-29(9,10)23(4,5)6/h18-19H,11-17H2,1-10H3. The van der Waals surface area contributed by atoms with Crippen LogP contribution in [0.15, 0.2) is 11.0 Å². The number of rotatable bonds is 11. The highest BCUT2D eigenvalue weighted by Gasteiger charge is 2.40. The minimum atomic E-state index is -1.83. The summed E-state index contributed by atoms with van der Waals surface area (Å²) in [4.78, 5) is 13.3. The number of Topliss-reactive ketones (excluding diaryl/α,β-unsaturated/α-hetero) is 1. The molecule has 0 aliphatic heterocycles. The number of hydrogen-bond donors (Lipinski definition) is 0. The van der Waals surface area contributed by atoms with Crippen molar-refractivity contribution in [1.82, 2.24) is 0 Å². The summed E-state index contributed by atoms with van der Waals surface area (Å²) in [7, 11) is -3.43. The number of unbranched alkanes of at least 4 members (excludes halogenated alkanes) is 3. The highest BCUT2D eigenvalue weighted by molar-refractivity contribution is 8.04. The summed E-state index contributed by atoms with van der Waals surface area (Å²) >= 11 is 1.72. The van der Waals surface area contributed by atoms with Gasteiger partial charge in [-0.25, -0.2) is 0 Å². The van der Waals surface area contributed by atoms with E-state index in [4.69, 9.17) is 8.85 Å². The molecule has 0 aromatic heterocycles. The summed E-state index contributed by atoms with van der Waals surface area (Å²) in [5.74, 6) is 1.29. The quantitative estimate of drug-likeness (QED) is 0.236. The number of allylic oxidation sites excluding steroid dienone is 1. The van der Waals surface area contributed by atoms with Crippen LogP contribution in [-0.4, -0.2) is 40.9 Å². The van der Waals surface area contributed by atoms with Gasteiger partial charge >= 0.3 is 0 Å². The Balaban J connectivity index is 2.25. The van der Waals surface area contributed by atoms with Crippen LogP contribution in [0.3, 0.4) is 0 Å². The van der Waals surface area contributed by atoms with Crippen LogP contribution in [0.1, 0.15) is 73.6 Å². The van der Waals surface area contributed by atoms with E-state index in [1.54, 1.807) is 11.8 Å². The van der Waals surface area contributed by atoms with Gasteiger partial charge in [0.1, 0.15) is 0 Å². The molecule has 0 aromatic rings. The van der Waals surface area contributed by atoms with E-state index >= 15 is 0 Å². The molecule has 0 fully saturated rings. The van der Waals surface area contributed by atoms with Crippen molar-refractivity contribution in [3.8, 4) is 0 Å². The van der Waals surface area contributed by atoms with E-state index in [1.165, 1.54) is 12.8 Å². The molecule has 1 atom stereocenters. The average molecular weight is 459 g/mol. The molecule has 29 heavy (non-hydrogen) atoms. The molecule has 3 nitrogen and oxygen atoms in total. The van der Waals surface area contributed by atoms with Gasteiger partial charge in [-0.15, -0.1) is 11.8 Å². The molecule has 0 N–H and O–H groups in total. The smallest absolute Gasteiger partial charge is 0.192 e. The molecule has 0 amide bonds. The van der Waals surface area contributed by atoms with Gasteiger partial charge in [-0.3, -0.25) is 4.79 Å². The van der Waals surface area contributed by atoms with E-state index < -0.39 is 16.6 Å². The number of thioether (sulfide) groups is 1. The van der Waals surface area contributed by atoms with E-state index in [0.717, 1.165) is 30.1 Å². The van der Waals surface area contributed by atoms with Crippen molar-refractivity contribution in [2.45, 2.75) is 116 Å². The zero-order valence-electron chi connectivity index (χ0n) is 20.7. The Morgan fingerprint density at radius 2 is 1.48 bits per heavy atom. The second-order valence-electron chi connectivity index (χ2n) is 11.4. The van der Waals surface area contributed by atoms with Gasteiger partial charge < -0.3 is 8.85 Å². The molecule has 0 radical (unpaired) electrons. The first kappa shape index (κ1) is 27.1. The van der Waals surface area contributed by atoms with Gasteiger partial charge in [0.05, 0.1) is 6.10 Å². The molecule has 1 rings (SSSR count). The zero-order chi connectivity index (χ0) is 22.5. The molecule has 0 heterocycles. The Morgan fingerprint density at radius 1 is 0.931 bits per heavy atom. The second-order valence-corrected chi connectivity index (χ2v) is 22.1. The molecule has 6 heteroatoms. The van der Waals surface area contributed by atoms with E-state index in [9.17, 15) is 4.79 Å². The Bertz CT molecular complexity index is 572. The summed E-state index contributed by atoms with van der Waals surface area (Å²) < 4.78 is 12.6. The third-order valence-electron chi connectivity index (χ3n) is 6.82. The fraction of sp³-hybridized carbons (Fsp3) is 0.870. The van der Waals surface area contributed by atoms with E-state index in [0.29, 0.717) is 6.42 Å². The van der Waals surface area contributed by atoms with E-state index in [1.807, 2.05) is 0 Å². The maximum Gasteiger partial charge on any atom is 0.192 e. The van der Waals surface area contributed by atoms with E-state index in [2.05, 4.69) is 73.8 Å². The van der Waals surface area contributed by atoms with Crippen LogP contribution in [0.5, 0.6) is 0 Å². The summed E-state index contributed by atoms with van der Waals surface area (Å²) in [5, 5.41) is 0.464. The largest absolute Gasteiger partial charge is 0.417 e. The van der Waals surface area contributed by atoms with E-state index in [-0.39, 0.29) is 22.0 Å². The van der Waals surface area contributed by atoms with Crippen LogP contribution >= 0.6 is 11.8 Å². The van der Waals surface area contributed by atoms with Crippen LogP contribution < -0.4 is 0 Å². The number of ketones is 1. The monoisotopic (exact) mass is 458 g/mol. The van der Waals surface area contributed by atoms with Crippen molar-refractivity contribution >= 4 is 34.2 Å². The number of hydrogen-bond acceptors (Lipinski definition) is 4. The van der Waals surface area contributed by atoms with Crippen molar-refractivity contribution in [2.75, 3.05) is 12.4 Å². The first-order valence-electron chi connectivity index (χ1n) is 11.3. The van der Waals surface area contributed by atoms with Gasteiger partial charge in [0.2, 0.25) is 0 Å². The third kappa shape index (κ3) is 8.64. The molecule has 1 unspecified atom stereocenters. The highest BCUT2D eigenvalue weighted by atomic mass is 32.2. The zero-order valence-corrected chi connectivity index (χ0v) is 23.6. The second kappa shape index (κ2) is 10.6. The van der Waals surface area contributed by atoms with Crippen molar-refractivity contribution in [1.29, 1.82) is 0 Å². The van der Waals surface area contributed by atoms with Gasteiger partial charge in [-0.05, 0) is 60.9 Å². The Labute approximate surface area is 187 Å². The molecule has 0 saturated carbocycles. The third-order valence-corrected chi connectivity index (χ3v) is 17.0. The number of carbonyl (C=O) groups excluding carboxylic acids is 1. The maximum atomic E-state index is 12.3. The molecular weight excluding hydrogens is 412 g/mol. The lowest BCUT2D eigenvalue weighted by Gasteiger charge is -2.37. The first-order chi connectivity index (χ1) is 13.1. The molecule has 0 bridgehead atoms. The summed E-state index contributed by atoms with van der Waals surface area (Å²) in [6.45, 7) is 23.6. The van der Waals surface area contributed by atoms with Gasteiger partial charge in [0.25, 0.3) is 0 Å². The summed E-state index contributed by atoms with van der Waals surface area (Å²) in [6.07, 6.45) is 7.31. The lowest BCUT2D eigenvalue weighted by molar-refractivity contribution is -0.115. The summed E-state index contributed by atoms with van der Waals surface area (Å²) in [6, 6.07) is 0. The van der Waals surface area contributed by atoms with Crippen molar-refractivity contribution in [2.24, 2.45) is 0 Å². The summed E-state index contributed by atoms with van der Waals surface area (Å²) in [5.41, 5.74) is 0. The Kier molecular flexibility index (Phi) is 9.94. The highest BCUT2D eigenvalue weighted by Crippen LogP contribution is 2.40. The Morgan fingerprint density at radius 3 is 2.03 bits per heavy atom. The predicted octanol–water partition coefficient (Wildman–Crippen LogP) is 7.55. The topological polar surface area (TPSA) is 35.5 Å². The predicted molar refractivity (Wildman–Crippen MR) is 134 cm³/mol. The van der Waals surface area contributed by atoms with Gasteiger partial charge in [0.15, 0.2) is 22.4 Å². The Hall–Kier alpha value is 0.114. The molecule has 170 valence electrons. The average Bonchev–Trinajstić information content (AvgIpc) is 2.86. The fourth-order valence-corrected chi connectivity index (χ4v) is 6.06. The van der Waals surface area contributed by atoms with Gasteiger partial charge in [0, 0.05) is 17.9 Å². The molecule has 0 spiro atoms. The molecule has 0 aromatic carbocycles. The molecule has 1 aliphatic carbocycles. The minimum absolute atomic E-state index is 0.0154. The van der Waals surface area contributed by atoms with Crippen molar-refractivity contribution in [3.63, 3.8) is 0 Å².